The van der Waals surface area contributed by atoms with Gasteiger partial charge in [0.15, 0.2) is 28.2 Å². The van der Waals surface area contributed by atoms with Crippen molar-refractivity contribution in [2.24, 2.45) is 0 Å². The van der Waals surface area contributed by atoms with Gasteiger partial charge in [0.1, 0.15) is 5.82 Å². The Morgan fingerprint density at radius 2 is 1.45 bits per heavy atom. The summed E-state index contributed by atoms with van der Waals surface area (Å²) < 4.78 is 115. The Kier molecular flexibility index (Phi) is 11.4. The van der Waals surface area contributed by atoms with Crippen molar-refractivity contribution < 1.29 is 49.5 Å². The molecule has 17 heteroatoms. The highest BCUT2D eigenvalue weighted by molar-refractivity contribution is 7.89. The van der Waals surface area contributed by atoms with Crippen LogP contribution in [0.3, 0.4) is 0 Å². The summed E-state index contributed by atoms with van der Waals surface area (Å²) in [5.41, 5.74) is 2.62. The zero-order valence-corrected chi connectivity index (χ0v) is 31.1. The molecular formula is C38H35ClF6N4O5S. The zero-order chi connectivity index (χ0) is 39.9. The third-order valence-corrected chi connectivity index (χ3v) is 11.8. The third-order valence-electron chi connectivity index (χ3n) is 9.60. The molecule has 2 aliphatic rings. The lowest BCUT2D eigenvalue weighted by molar-refractivity contribution is -0.119. The van der Waals surface area contributed by atoms with E-state index in [1.807, 2.05) is 12.1 Å². The van der Waals surface area contributed by atoms with Gasteiger partial charge in [-0.15, -0.1) is 0 Å². The molecule has 1 aliphatic heterocycles. The molecular weight excluding hydrogens is 774 g/mol. The van der Waals surface area contributed by atoms with E-state index in [-0.39, 0.29) is 38.4 Å². The van der Waals surface area contributed by atoms with E-state index in [0.29, 0.717) is 11.5 Å². The Bertz CT molecular complexity index is 2260. The van der Waals surface area contributed by atoms with Crippen molar-refractivity contribution in [1.29, 1.82) is 0 Å². The molecule has 0 spiro atoms. The molecule has 1 N–H and O–H groups in total. The molecule has 292 valence electrons. The summed E-state index contributed by atoms with van der Waals surface area (Å²) in [5, 5.41) is 9.38. The van der Waals surface area contributed by atoms with Crippen LogP contribution >= 0.6 is 11.6 Å². The average molecular weight is 809 g/mol. The topological polar surface area (TPSA) is 101 Å². The van der Waals surface area contributed by atoms with Crippen molar-refractivity contribution in [2.45, 2.75) is 49.6 Å². The zero-order valence-electron chi connectivity index (χ0n) is 29.6. The third kappa shape index (κ3) is 8.26. The van der Waals surface area contributed by atoms with E-state index >= 15 is 8.78 Å². The first-order valence-corrected chi connectivity index (χ1v) is 19.0. The van der Waals surface area contributed by atoms with Crippen LogP contribution in [0.4, 0.5) is 43.4 Å². The molecule has 0 unspecified atom stereocenters. The Morgan fingerprint density at radius 1 is 0.818 bits per heavy atom. The fourth-order valence-electron chi connectivity index (χ4n) is 6.58. The van der Waals surface area contributed by atoms with Crippen LogP contribution in [-0.4, -0.2) is 63.4 Å². The number of aromatic carboxylic acids is 1. The number of nitrogens with zero attached hydrogens (tertiary/aromatic N) is 4. The molecule has 1 aliphatic carbocycles. The predicted molar refractivity (Wildman–Crippen MR) is 194 cm³/mol. The van der Waals surface area contributed by atoms with E-state index in [9.17, 15) is 40.7 Å². The Morgan fingerprint density at radius 3 is 2.04 bits per heavy atom. The van der Waals surface area contributed by atoms with Gasteiger partial charge in [-0.2, -0.15) is 4.31 Å². The second-order valence-corrected chi connectivity index (χ2v) is 16.0. The van der Waals surface area contributed by atoms with E-state index in [0.717, 1.165) is 73.1 Å². The van der Waals surface area contributed by atoms with Gasteiger partial charge in [0.2, 0.25) is 21.7 Å². The molecule has 0 atom stereocenters. The summed E-state index contributed by atoms with van der Waals surface area (Å²) >= 11 is 6.18. The number of amides is 1. The highest BCUT2D eigenvalue weighted by Gasteiger charge is 2.39. The number of carbonyl (C=O) groups is 2. The molecule has 1 amide bonds. The first kappa shape index (κ1) is 39.9. The largest absolute Gasteiger partial charge is 0.478 e. The summed E-state index contributed by atoms with van der Waals surface area (Å²) in [4.78, 5) is 29.3. The molecule has 6 rings (SSSR count). The monoisotopic (exact) mass is 808 g/mol. The number of carbonyl (C=O) groups excluding carboxylic acids is 1. The molecule has 0 radical (unpaired) electrons. The molecule has 4 aromatic rings. The minimum Gasteiger partial charge on any atom is -0.478 e. The molecule has 2 fully saturated rings. The van der Waals surface area contributed by atoms with Crippen LogP contribution in [0.2, 0.25) is 5.02 Å². The van der Waals surface area contributed by atoms with Gasteiger partial charge in [0, 0.05) is 44.4 Å². The number of carboxylic acid groups (broad SMARTS) is 1. The highest BCUT2D eigenvalue weighted by atomic mass is 35.5. The number of sulfonamides is 1. The Balaban J connectivity index is 1.49. The first-order valence-electron chi connectivity index (χ1n) is 17.2. The fourth-order valence-corrected chi connectivity index (χ4v) is 8.28. The van der Waals surface area contributed by atoms with Crippen LogP contribution in [0.15, 0.2) is 59.5 Å². The van der Waals surface area contributed by atoms with Gasteiger partial charge in [0.25, 0.3) is 0 Å². The molecule has 9 nitrogen and oxygen atoms in total. The van der Waals surface area contributed by atoms with Crippen molar-refractivity contribution in [3.8, 4) is 0 Å². The molecule has 0 aromatic heterocycles. The van der Waals surface area contributed by atoms with Gasteiger partial charge in [-0.05, 0) is 90.8 Å². The van der Waals surface area contributed by atoms with Crippen molar-refractivity contribution in [3.63, 3.8) is 0 Å². The van der Waals surface area contributed by atoms with Crippen LogP contribution in [0.1, 0.15) is 58.6 Å². The summed E-state index contributed by atoms with van der Waals surface area (Å²) in [6, 6.07) is 12.5. The van der Waals surface area contributed by atoms with Gasteiger partial charge in [-0.1, -0.05) is 23.7 Å². The first-order chi connectivity index (χ1) is 26.0. The van der Waals surface area contributed by atoms with Crippen LogP contribution < -0.4 is 14.7 Å². The van der Waals surface area contributed by atoms with Crippen LogP contribution in [0.5, 0.6) is 0 Å². The number of hydrogen-bond acceptors (Lipinski definition) is 6. The molecule has 0 bridgehead atoms. The van der Waals surface area contributed by atoms with Crippen molar-refractivity contribution >= 4 is 50.6 Å². The molecule has 1 heterocycles. The van der Waals surface area contributed by atoms with E-state index in [1.54, 1.807) is 14.1 Å². The molecule has 55 heavy (non-hydrogen) atoms. The van der Waals surface area contributed by atoms with Crippen LogP contribution in [0, 0.1) is 34.9 Å². The standard InChI is InChI=1S/C38H35ClF6N4O5S/c1-46(2)30-16-23(38(51)52)8-10-29(30)49(18-21-13-25(22-5-6-22)15-27(14-21)47-11-3-4-12-47)31(50)20-48(19-24-7-9-26(40)17-28(24)39)55(53,54)37-35(44)33(42)32(41)34(43)36(37)45/h7-10,13-17,22H,3-6,11-12,18-20H2,1-2H3,(H,51,52). The number of carboxylic acids is 1. The minimum absolute atomic E-state index is 0.118. The molecule has 1 saturated heterocycles. The van der Waals surface area contributed by atoms with Gasteiger partial charge < -0.3 is 19.8 Å². The lowest BCUT2D eigenvalue weighted by Gasteiger charge is -2.31. The van der Waals surface area contributed by atoms with Crippen LogP contribution in [-0.2, 0) is 27.9 Å². The lowest BCUT2D eigenvalue weighted by Crippen LogP contribution is -2.43. The summed E-state index contributed by atoms with van der Waals surface area (Å²) in [5.74, 6) is -15.8. The van der Waals surface area contributed by atoms with E-state index in [4.69, 9.17) is 11.6 Å². The summed E-state index contributed by atoms with van der Waals surface area (Å²) in [7, 11) is -2.59. The molecule has 1 saturated carbocycles. The number of benzene rings is 4. The highest BCUT2D eigenvalue weighted by Crippen LogP contribution is 2.43. The van der Waals surface area contributed by atoms with Crippen molar-refractivity contribution in [3.05, 3.63) is 117 Å². The number of rotatable bonds is 13. The number of hydrogen-bond donors (Lipinski definition) is 1. The maximum absolute atomic E-state index is 15.1. The second-order valence-electron chi connectivity index (χ2n) is 13.7. The van der Waals surface area contributed by atoms with Gasteiger partial charge in [-0.3, -0.25) is 4.79 Å². The molecule has 4 aromatic carbocycles. The number of halogens is 7. The van der Waals surface area contributed by atoms with E-state index < -0.39 is 74.8 Å². The predicted octanol–water partition coefficient (Wildman–Crippen LogP) is 7.84. The maximum Gasteiger partial charge on any atom is 0.335 e. The van der Waals surface area contributed by atoms with Crippen molar-refractivity contribution in [1.82, 2.24) is 4.31 Å². The quantitative estimate of drug-likeness (QED) is 0.0835. The van der Waals surface area contributed by atoms with E-state index in [2.05, 4.69) is 11.0 Å². The summed E-state index contributed by atoms with van der Waals surface area (Å²) in [6.45, 7) is -0.789. The maximum atomic E-state index is 15.1. The number of anilines is 3. The minimum atomic E-state index is -5.76. The van der Waals surface area contributed by atoms with Gasteiger partial charge >= 0.3 is 5.97 Å². The smallest absolute Gasteiger partial charge is 0.335 e. The normalized spacial score (nSPS) is 14.5. The van der Waals surface area contributed by atoms with Gasteiger partial charge in [-0.25, -0.2) is 39.6 Å². The van der Waals surface area contributed by atoms with E-state index in [1.165, 1.54) is 23.1 Å². The summed E-state index contributed by atoms with van der Waals surface area (Å²) in [6.07, 6.45) is 3.90. The Hall–Kier alpha value is -4.80. The second kappa shape index (κ2) is 15.7. The Labute approximate surface area is 318 Å². The van der Waals surface area contributed by atoms with Crippen molar-refractivity contribution in [2.75, 3.05) is 48.4 Å². The SMILES string of the molecule is CN(C)c1cc(C(=O)O)ccc1N(Cc1cc(C2CC2)cc(N2CCCC2)c1)C(=O)CN(Cc1ccc(F)cc1Cl)S(=O)(=O)c1c(F)c(F)c(F)c(F)c1F. The lowest BCUT2D eigenvalue weighted by atomic mass is 10.0. The fraction of sp³-hybridized carbons (Fsp3) is 0.316. The average Bonchev–Trinajstić information content (AvgIpc) is 3.85. The van der Waals surface area contributed by atoms with Gasteiger partial charge in [0.05, 0.1) is 30.0 Å². The van der Waals surface area contributed by atoms with Crippen LogP contribution in [0.25, 0.3) is 0 Å².